The number of benzene rings is 1. The maximum Gasteiger partial charge on any atom is 0.229 e. The van der Waals surface area contributed by atoms with Gasteiger partial charge in [-0.05, 0) is 49.4 Å². The summed E-state index contributed by atoms with van der Waals surface area (Å²) in [5.74, 6) is 1.09. The summed E-state index contributed by atoms with van der Waals surface area (Å²) >= 11 is 0. The Labute approximate surface area is 188 Å². The fraction of sp³-hybridized carbons (Fsp3) is 0.375. The molecule has 1 spiro atoms. The lowest BCUT2D eigenvalue weighted by Crippen LogP contribution is -2.53. The quantitative estimate of drug-likeness (QED) is 0.505. The molecule has 0 aliphatic carbocycles. The molecule has 0 atom stereocenters. The Morgan fingerprint density at radius 3 is 2.44 bits per heavy atom. The fourth-order valence-corrected chi connectivity index (χ4v) is 4.48. The Bertz CT molecular complexity index is 999. The van der Waals surface area contributed by atoms with Crippen molar-refractivity contribution in [3.8, 4) is 6.07 Å². The normalized spacial score (nSPS) is 17.2. The van der Waals surface area contributed by atoms with Gasteiger partial charge in [0.2, 0.25) is 5.91 Å². The van der Waals surface area contributed by atoms with E-state index in [1.807, 2.05) is 41.3 Å². The molecule has 2 saturated heterocycles. The van der Waals surface area contributed by atoms with Gasteiger partial charge in [-0.2, -0.15) is 5.26 Å². The number of anilines is 2. The van der Waals surface area contributed by atoms with Crippen LogP contribution in [0, 0.1) is 27.6 Å². The highest BCUT2D eigenvalue weighted by Crippen LogP contribution is 2.42. The molecule has 2 fully saturated rings. The fourth-order valence-electron chi connectivity index (χ4n) is 4.48. The summed E-state index contributed by atoms with van der Waals surface area (Å²) in [6.45, 7) is 2.96. The smallest absolute Gasteiger partial charge is 0.229 e. The lowest BCUT2D eigenvalue weighted by atomic mass is 9.71. The molecule has 8 heteroatoms. The predicted molar refractivity (Wildman–Crippen MR) is 126 cm³/mol. The number of hydrogen-bond donors (Lipinski definition) is 3. The van der Waals surface area contributed by atoms with Crippen LogP contribution in [0.1, 0.15) is 36.9 Å². The number of likely N-dealkylation sites (tertiary alicyclic amines) is 1. The molecule has 0 saturated carbocycles. The van der Waals surface area contributed by atoms with E-state index < -0.39 is 0 Å². The highest BCUT2D eigenvalue weighted by Gasteiger charge is 2.45. The molecule has 3 heterocycles. The van der Waals surface area contributed by atoms with E-state index in [-0.39, 0.29) is 11.3 Å². The Balaban J connectivity index is 0.000000668. The van der Waals surface area contributed by atoms with Gasteiger partial charge in [0.05, 0.1) is 5.41 Å². The molecule has 2 aliphatic heterocycles. The van der Waals surface area contributed by atoms with E-state index in [2.05, 4.69) is 16.0 Å². The minimum absolute atomic E-state index is 0.264. The van der Waals surface area contributed by atoms with Crippen LogP contribution in [-0.2, 0) is 11.3 Å². The maximum absolute atomic E-state index is 13.4. The Morgan fingerprint density at radius 1 is 1.06 bits per heavy atom. The topological polar surface area (TPSA) is 134 Å². The van der Waals surface area contributed by atoms with E-state index in [1.165, 1.54) is 0 Å². The summed E-state index contributed by atoms with van der Waals surface area (Å²) in [6.07, 6.45) is 5.46. The number of rotatable bonds is 4. The van der Waals surface area contributed by atoms with Crippen molar-refractivity contribution in [3.05, 3.63) is 53.7 Å². The van der Waals surface area contributed by atoms with Crippen molar-refractivity contribution in [1.29, 1.82) is 16.1 Å². The van der Waals surface area contributed by atoms with Crippen LogP contribution < -0.4 is 10.6 Å². The first-order chi connectivity index (χ1) is 15.5. The highest BCUT2D eigenvalue weighted by molar-refractivity contribution is 6.12. The zero-order valence-electron chi connectivity index (χ0n) is 18.1. The van der Waals surface area contributed by atoms with Crippen LogP contribution in [0.2, 0.25) is 0 Å². The van der Waals surface area contributed by atoms with Crippen molar-refractivity contribution >= 4 is 29.8 Å². The summed E-state index contributed by atoms with van der Waals surface area (Å²) in [5, 5.41) is 21.2. The Morgan fingerprint density at radius 2 is 1.78 bits per heavy atom. The largest absolute Gasteiger partial charge is 0.398 e. The average molecular weight is 432 g/mol. The molecule has 2 aliphatic rings. The summed E-state index contributed by atoms with van der Waals surface area (Å²) in [4.78, 5) is 21.9. The third-order valence-corrected chi connectivity index (χ3v) is 6.22. The monoisotopic (exact) mass is 431 g/mol. The van der Waals surface area contributed by atoms with E-state index in [0.717, 1.165) is 74.8 Å². The molecule has 4 rings (SSSR count). The van der Waals surface area contributed by atoms with Gasteiger partial charge in [-0.25, -0.2) is 4.98 Å². The standard InChI is InChI=1S/C22H25N5O.C2H4N2/c23-15-18-6-3-8-20(25-18)26-13-10-22(11-14-26)9-4-12-27(21(22)28)16-17-5-1-2-7-19(17)24;3-1-2-4/h1-3,5-8H,4,9-14,16,24H2;1-4H. The van der Waals surface area contributed by atoms with Gasteiger partial charge < -0.3 is 26.4 Å². The molecule has 1 amide bonds. The third-order valence-electron chi connectivity index (χ3n) is 6.22. The zero-order chi connectivity index (χ0) is 23.0. The van der Waals surface area contributed by atoms with Crippen molar-refractivity contribution in [1.82, 2.24) is 9.88 Å². The van der Waals surface area contributed by atoms with E-state index in [0.29, 0.717) is 12.2 Å². The molecular formula is C24H29N7O. The lowest BCUT2D eigenvalue weighted by Gasteiger charge is -2.46. The lowest BCUT2D eigenvalue weighted by molar-refractivity contribution is -0.148. The number of para-hydroxylation sites is 1. The Hall–Kier alpha value is -3.73. The van der Waals surface area contributed by atoms with Crippen LogP contribution in [0.25, 0.3) is 0 Å². The van der Waals surface area contributed by atoms with Gasteiger partial charge in [0.15, 0.2) is 0 Å². The first-order valence-electron chi connectivity index (χ1n) is 10.8. The number of hydrogen-bond acceptors (Lipinski definition) is 7. The highest BCUT2D eigenvalue weighted by atomic mass is 16.2. The van der Waals surface area contributed by atoms with Gasteiger partial charge in [-0.3, -0.25) is 4.79 Å². The number of nitrogens with one attached hydrogen (secondary N) is 2. The molecule has 166 valence electrons. The summed E-state index contributed by atoms with van der Waals surface area (Å²) in [7, 11) is 0. The summed E-state index contributed by atoms with van der Waals surface area (Å²) in [5.41, 5.74) is 8.00. The number of nitrogen functional groups attached to an aromatic ring is 1. The van der Waals surface area contributed by atoms with Crippen molar-refractivity contribution in [2.24, 2.45) is 5.41 Å². The zero-order valence-corrected chi connectivity index (χ0v) is 18.1. The molecule has 1 aromatic heterocycles. The molecule has 32 heavy (non-hydrogen) atoms. The second-order valence-electron chi connectivity index (χ2n) is 8.12. The second kappa shape index (κ2) is 10.5. The molecule has 0 unspecified atom stereocenters. The predicted octanol–water partition coefficient (Wildman–Crippen LogP) is 3.23. The second-order valence-corrected chi connectivity index (χ2v) is 8.12. The van der Waals surface area contributed by atoms with Gasteiger partial charge in [0, 0.05) is 44.3 Å². The SMILES string of the molecule is N#Cc1cccc(N2CCC3(CCCN(Cc4ccccc4N)C3=O)CC2)n1.N=CC=N. The number of nitriles is 1. The molecule has 2 aromatic rings. The number of pyridine rings is 1. The van der Waals surface area contributed by atoms with Gasteiger partial charge in [0.1, 0.15) is 17.6 Å². The number of nitrogens with zero attached hydrogens (tertiary/aromatic N) is 4. The van der Waals surface area contributed by atoms with Crippen molar-refractivity contribution in [2.45, 2.75) is 32.2 Å². The van der Waals surface area contributed by atoms with Gasteiger partial charge in [0.25, 0.3) is 0 Å². The van der Waals surface area contributed by atoms with E-state index in [9.17, 15) is 4.79 Å². The number of carbonyl (C=O) groups is 1. The van der Waals surface area contributed by atoms with Crippen LogP contribution in [0.3, 0.4) is 0 Å². The molecule has 1 aromatic carbocycles. The van der Waals surface area contributed by atoms with Gasteiger partial charge in [-0.15, -0.1) is 0 Å². The molecule has 4 N–H and O–H groups in total. The molecule has 8 nitrogen and oxygen atoms in total. The van der Waals surface area contributed by atoms with Crippen molar-refractivity contribution in [3.63, 3.8) is 0 Å². The molecule has 0 bridgehead atoms. The van der Waals surface area contributed by atoms with Crippen LogP contribution >= 0.6 is 0 Å². The van der Waals surface area contributed by atoms with Crippen LogP contribution in [0.15, 0.2) is 42.5 Å². The van der Waals surface area contributed by atoms with Crippen LogP contribution in [-0.4, -0.2) is 47.9 Å². The summed E-state index contributed by atoms with van der Waals surface area (Å²) < 4.78 is 0. The van der Waals surface area contributed by atoms with E-state index in [4.69, 9.17) is 21.8 Å². The van der Waals surface area contributed by atoms with Crippen molar-refractivity contribution in [2.75, 3.05) is 30.3 Å². The first kappa shape index (κ1) is 22.9. The Kier molecular flexibility index (Phi) is 7.55. The molecular weight excluding hydrogens is 402 g/mol. The number of aromatic nitrogens is 1. The minimum Gasteiger partial charge on any atom is -0.398 e. The third kappa shape index (κ3) is 5.11. The first-order valence-corrected chi connectivity index (χ1v) is 10.8. The summed E-state index contributed by atoms with van der Waals surface area (Å²) in [6, 6.07) is 15.4. The van der Waals surface area contributed by atoms with E-state index in [1.54, 1.807) is 6.07 Å². The van der Waals surface area contributed by atoms with Crippen LogP contribution in [0.5, 0.6) is 0 Å². The number of carbonyl (C=O) groups excluding carboxylic acids is 1. The number of amides is 1. The average Bonchev–Trinajstić information content (AvgIpc) is 2.84. The minimum atomic E-state index is -0.273. The van der Waals surface area contributed by atoms with E-state index >= 15 is 0 Å². The van der Waals surface area contributed by atoms with Crippen molar-refractivity contribution < 1.29 is 4.79 Å². The number of nitrogens with two attached hydrogens (primary N) is 1. The maximum atomic E-state index is 13.4. The van der Waals surface area contributed by atoms with Gasteiger partial charge in [-0.1, -0.05) is 24.3 Å². The number of piperidine rings is 2. The van der Waals surface area contributed by atoms with Crippen LogP contribution in [0.4, 0.5) is 11.5 Å². The van der Waals surface area contributed by atoms with Gasteiger partial charge >= 0.3 is 0 Å². The molecule has 0 radical (unpaired) electrons.